The summed E-state index contributed by atoms with van der Waals surface area (Å²) in [6.45, 7) is 2.64. The third-order valence-electron chi connectivity index (χ3n) is 6.14. The second-order valence-electron chi connectivity index (χ2n) is 8.04. The molecule has 0 aromatic heterocycles. The van der Waals surface area contributed by atoms with Crippen molar-refractivity contribution in [2.75, 3.05) is 7.11 Å². The first kappa shape index (κ1) is 20.7. The number of benzene rings is 2. The Labute approximate surface area is 182 Å². The predicted octanol–water partition coefficient (Wildman–Crippen LogP) is 4.82. The van der Waals surface area contributed by atoms with E-state index in [1.54, 1.807) is 11.8 Å². The Bertz CT molecular complexity index is 956. The van der Waals surface area contributed by atoms with Crippen LogP contribution in [0.1, 0.15) is 36.0 Å². The van der Waals surface area contributed by atoms with Gasteiger partial charge < -0.3 is 9.64 Å². The van der Waals surface area contributed by atoms with Gasteiger partial charge in [0.15, 0.2) is 0 Å². The molecule has 0 spiro atoms. The molecule has 0 bridgehead atoms. The standard InChI is InChI=1S/C25H27NO3S/c1-17-8-6-7-11-20(17)16-26-21-15-19(25(28)29-2)12-13-22(21)30-23(24(26)27)14-18-9-4-3-5-10-18/h3-11,14,19,21-22H,12-13,15-16H2,1-2H3/b23-14+. The molecule has 1 saturated carbocycles. The highest BCUT2D eigenvalue weighted by Gasteiger charge is 2.44. The molecule has 30 heavy (non-hydrogen) atoms. The minimum Gasteiger partial charge on any atom is -0.469 e. The van der Waals surface area contributed by atoms with Crippen molar-refractivity contribution in [1.29, 1.82) is 0 Å². The van der Waals surface area contributed by atoms with Crippen LogP contribution in [0.4, 0.5) is 0 Å². The van der Waals surface area contributed by atoms with Gasteiger partial charge in [0.1, 0.15) is 0 Å². The number of ether oxygens (including phenoxy) is 1. The van der Waals surface area contributed by atoms with Crippen molar-refractivity contribution in [2.45, 2.75) is 44.0 Å². The van der Waals surface area contributed by atoms with Crippen molar-refractivity contribution in [3.05, 3.63) is 76.2 Å². The number of fused-ring (bicyclic) bond motifs is 1. The van der Waals surface area contributed by atoms with Crippen molar-refractivity contribution < 1.29 is 14.3 Å². The summed E-state index contributed by atoms with van der Waals surface area (Å²) in [5.74, 6) is -0.241. The highest BCUT2D eigenvalue weighted by molar-refractivity contribution is 8.04. The quantitative estimate of drug-likeness (QED) is 0.524. The number of methoxy groups -OCH3 is 1. The molecule has 2 aromatic rings. The Morgan fingerprint density at radius 2 is 1.87 bits per heavy atom. The second-order valence-corrected chi connectivity index (χ2v) is 9.32. The van der Waals surface area contributed by atoms with Gasteiger partial charge in [0.05, 0.1) is 17.9 Å². The second kappa shape index (κ2) is 9.09. The lowest BCUT2D eigenvalue weighted by molar-refractivity contribution is -0.148. The molecule has 2 aliphatic rings. The van der Waals surface area contributed by atoms with E-state index in [0.29, 0.717) is 18.2 Å². The molecule has 156 valence electrons. The van der Waals surface area contributed by atoms with E-state index >= 15 is 0 Å². The van der Waals surface area contributed by atoms with E-state index in [-0.39, 0.29) is 23.8 Å². The number of nitrogens with zero attached hydrogens (tertiary/aromatic N) is 1. The van der Waals surface area contributed by atoms with Gasteiger partial charge in [-0.25, -0.2) is 0 Å². The molecule has 0 N–H and O–H groups in total. The third kappa shape index (κ3) is 4.31. The molecule has 4 rings (SSSR count). The van der Waals surface area contributed by atoms with E-state index in [1.165, 1.54) is 12.7 Å². The van der Waals surface area contributed by atoms with Crippen LogP contribution in [0.5, 0.6) is 0 Å². The van der Waals surface area contributed by atoms with Crippen molar-refractivity contribution in [3.8, 4) is 0 Å². The number of carbonyl (C=O) groups excluding carboxylic acids is 2. The van der Waals surface area contributed by atoms with E-state index in [1.807, 2.05) is 53.4 Å². The van der Waals surface area contributed by atoms with Gasteiger partial charge in [-0.05, 0) is 49.0 Å². The van der Waals surface area contributed by atoms with Crippen LogP contribution >= 0.6 is 11.8 Å². The van der Waals surface area contributed by atoms with Gasteiger partial charge in [-0.3, -0.25) is 9.59 Å². The van der Waals surface area contributed by atoms with Crippen LogP contribution in [0.25, 0.3) is 6.08 Å². The van der Waals surface area contributed by atoms with E-state index in [9.17, 15) is 9.59 Å². The highest BCUT2D eigenvalue weighted by Crippen LogP contribution is 2.44. The summed E-state index contributed by atoms with van der Waals surface area (Å²) >= 11 is 1.68. The molecule has 2 fully saturated rings. The molecule has 1 aliphatic carbocycles. The van der Waals surface area contributed by atoms with Crippen LogP contribution in [-0.4, -0.2) is 35.2 Å². The Balaban J connectivity index is 1.67. The van der Waals surface area contributed by atoms with Crippen LogP contribution in [0.3, 0.4) is 0 Å². The van der Waals surface area contributed by atoms with Crippen molar-refractivity contribution in [2.24, 2.45) is 5.92 Å². The maximum Gasteiger partial charge on any atom is 0.308 e. The van der Waals surface area contributed by atoms with E-state index in [2.05, 4.69) is 19.1 Å². The van der Waals surface area contributed by atoms with E-state index in [0.717, 1.165) is 28.9 Å². The monoisotopic (exact) mass is 421 g/mol. The van der Waals surface area contributed by atoms with E-state index in [4.69, 9.17) is 4.74 Å². The molecule has 2 aromatic carbocycles. The fourth-order valence-corrected chi connectivity index (χ4v) is 5.84. The Morgan fingerprint density at radius 3 is 2.60 bits per heavy atom. The van der Waals surface area contributed by atoms with Gasteiger partial charge in [-0.15, -0.1) is 11.8 Å². The molecule has 5 heteroatoms. The number of carbonyl (C=O) groups is 2. The number of esters is 1. The number of hydrogen-bond acceptors (Lipinski definition) is 4. The zero-order chi connectivity index (χ0) is 21.1. The maximum atomic E-state index is 13.6. The van der Waals surface area contributed by atoms with Crippen LogP contribution in [0, 0.1) is 12.8 Å². The zero-order valence-electron chi connectivity index (χ0n) is 17.4. The summed E-state index contributed by atoms with van der Waals surface area (Å²) in [5.41, 5.74) is 3.36. The molecule has 1 heterocycles. The molecule has 3 unspecified atom stereocenters. The number of hydrogen-bond donors (Lipinski definition) is 0. The van der Waals surface area contributed by atoms with Gasteiger partial charge in [-0.2, -0.15) is 0 Å². The topological polar surface area (TPSA) is 46.6 Å². The summed E-state index contributed by atoms with van der Waals surface area (Å²) in [5, 5.41) is 0.294. The van der Waals surface area contributed by atoms with Crippen molar-refractivity contribution in [3.63, 3.8) is 0 Å². The lowest BCUT2D eigenvalue weighted by atomic mass is 9.84. The fourth-order valence-electron chi connectivity index (χ4n) is 4.43. The molecular formula is C25H27NO3S. The Kier molecular flexibility index (Phi) is 6.28. The average molecular weight is 422 g/mol. The van der Waals surface area contributed by atoms with Crippen LogP contribution < -0.4 is 0 Å². The maximum absolute atomic E-state index is 13.6. The normalized spacial score (nSPS) is 25.1. The zero-order valence-corrected chi connectivity index (χ0v) is 18.2. The van der Waals surface area contributed by atoms with Crippen molar-refractivity contribution in [1.82, 2.24) is 4.90 Å². The number of rotatable bonds is 4. The summed E-state index contributed by atoms with van der Waals surface area (Å²) in [6, 6.07) is 18.2. The fraction of sp³-hybridized carbons (Fsp3) is 0.360. The molecule has 0 radical (unpaired) electrons. The summed E-state index contributed by atoms with van der Waals surface area (Å²) < 4.78 is 5.01. The summed E-state index contributed by atoms with van der Waals surface area (Å²) in [4.78, 5) is 28.5. The Morgan fingerprint density at radius 1 is 1.13 bits per heavy atom. The smallest absolute Gasteiger partial charge is 0.308 e. The van der Waals surface area contributed by atoms with Gasteiger partial charge in [-0.1, -0.05) is 54.6 Å². The molecule has 3 atom stereocenters. The highest BCUT2D eigenvalue weighted by atomic mass is 32.2. The first-order chi connectivity index (χ1) is 14.6. The molecule has 1 amide bonds. The average Bonchev–Trinajstić information content (AvgIpc) is 2.77. The predicted molar refractivity (Wildman–Crippen MR) is 121 cm³/mol. The molecule has 4 nitrogen and oxygen atoms in total. The number of thioether (sulfide) groups is 1. The van der Waals surface area contributed by atoms with Gasteiger partial charge in [0.2, 0.25) is 0 Å². The van der Waals surface area contributed by atoms with Gasteiger partial charge in [0.25, 0.3) is 5.91 Å². The first-order valence-corrected chi connectivity index (χ1v) is 11.3. The van der Waals surface area contributed by atoms with Crippen LogP contribution in [-0.2, 0) is 20.9 Å². The largest absolute Gasteiger partial charge is 0.469 e. The lowest BCUT2D eigenvalue weighted by Gasteiger charge is -2.46. The summed E-state index contributed by atoms with van der Waals surface area (Å²) in [7, 11) is 1.45. The van der Waals surface area contributed by atoms with Crippen LogP contribution in [0.15, 0.2) is 59.5 Å². The van der Waals surface area contributed by atoms with E-state index < -0.39 is 0 Å². The summed E-state index contributed by atoms with van der Waals surface area (Å²) in [6.07, 6.45) is 4.38. The molecule has 1 saturated heterocycles. The van der Waals surface area contributed by atoms with Crippen molar-refractivity contribution >= 4 is 29.7 Å². The minimum absolute atomic E-state index is 0.0351. The van der Waals surface area contributed by atoms with Crippen LogP contribution in [0.2, 0.25) is 0 Å². The lowest BCUT2D eigenvalue weighted by Crippen LogP contribution is -2.53. The third-order valence-corrected chi connectivity index (χ3v) is 7.54. The van der Waals surface area contributed by atoms with Gasteiger partial charge >= 0.3 is 5.97 Å². The number of aryl methyl sites for hydroxylation is 1. The number of amides is 1. The molecular weight excluding hydrogens is 394 g/mol. The van der Waals surface area contributed by atoms with Gasteiger partial charge in [0, 0.05) is 17.8 Å². The first-order valence-electron chi connectivity index (χ1n) is 10.4. The molecule has 1 aliphatic heterocycles. The minimum atomic E-state index is -0.160. The SMILES string of the molecule is COC(=O)C1CCC2S/C(=C/c3ccccc3)C(=O)N(Cc3ccccc3C)C2C1. The Hall–Kier alpha value is -2.53.